The molecular weight excluding hydrogens is 391 g/mol. The number of hydrogen-bond acceptors (Lipinski definition) is 4. The van der Waals surface area contributed by atoms with E-state index in [2.05, 4.69) is 15.1 Å². The number of aromatic amines is 1. The second-order valence-corrected chi connectivity index (χ2v) is 7.52. The minimum Gasteiger partial charge on any atom is -0.295 e. The van der Waals surface area contributed by atoms with E-state index in [1.807, 2.05) is 19.1 Å². The van der Waals surface area contributed by atoms with Crippen molar-refractivity contribution in [3.05, 3.63) is 74.1 Å². The maximum atomic E-state index is 12.7. The molecule has 4 aromatic rings. The quantitative estimate of drug-likeness (QED) is 0.482. The molecule has 1 N–H and O–H groups in total. The van der Waals surface area contributed by atoms with E-state index in [1.165, 1.54) is 16.0 Å². The number of H-pyrrole nitrogens is 1. The maximum absolute atomic E-state index is 12.7. The van der Waals surface area contributed by atoms with Crippen molar-refractivity contribution >= 4 is 56.1 Å². The normalized spacial score (nSPS) is 11.7. The largest absolute Gasteiger partial charge is 0.295 e. The average Bonchev–Trinajstić information content (AvgIpc) is 3.14. The summed E-state index contributed by atoms with van der Waals surface area (Å²) in [5.41, 5.74) is 2.56. The first-order valence-electron chi connectivity index (χ1n) is 7.69. The number of nitrogens with one attached hydrogen (secondary N) is 1. The first kappa shape index (κ1) is 17.0. The van der Waals surface area contributed by atoms with Crippen molar-refractivity contribution in [3.8, 4) is 5.69 Å². The molecule has 2 aromatic carbocycles. The maximum Gasteiger partial charge on any atom is 0.280 e. The monoisotopic (exact) mass is 402 g/mol. The molecule has 5 nitrogen and oxygen atoms in total. The highest BCUT2D eigenvalue weighted by atomic mass is 35.5. The van der Waals surface area contributed by atoms with Gasteiger partial charge in [0.05, 0.1) is 21.5 Å². The van der Waals surface area contributed by atoms with Gasteiger partial charge in [0.15, 0.2) is 0 Å². The molecule has 0 radical (unpaired) electrons. The van der Waals surface area contributed by atoms with Gasteiger partial charge in [-0.15, -0.1) is 0 Å². The van der Waals surface area contributed by atoms with Crippen LogP contribution in [-0.2, 0) is 0 Å². The van der Waals surface area contributed by atoms with E-state index in [9.17, 15) is 4.79 Å². The SMILES string of the molecule is Cc1[nH]n(-c2ccc(Cl)cc2)c(=O)c1/C=N/c1nc2ccc(Cl)cc2s1. The Kier molecular flexibility index (Phi) is 4.40. The molecule has 0 saturated heterocycles. The average molecular weight is 403 g/mol. The molecule has 26 heavy (non-hydrogen) atoms. The van der Waals surface area contributed by atoms with E-state index in [0.29, 0.717) is 26.4 Å². The molecule has 0 spiro atoms. The first-order chi connectivity index (χ1) is 12.5. The lowest BCUT2D eigenvalue weighted by atomic mass is 10.3. The Bertz CT molecular complexity index is 1190. The third kappa shape index (κ3) is 3.19. The van der Waals surface area contributed by atoms with Gasteiger partial charge in [-0.05, 0) is 49.4 Å². The number of hydrogen-bond donors (Lipinski definition) is 1. The summed E-state index contributed by atoms with van der Waals surface area (Å²) in [7, 11) is 0. The standard InChI is InChI=1S/C18H12Cl2N4OS/c1-10-14(17(25)24(23-10)13-5-2-11(19)3-6-13)9-21-18-22-15-7-4-12(20)8-16(15)26-18/h2-9,23H,1H3/b21-9+. The van der Waals surface area contributed by atoms with Gasteiger partial charge < -0.3 is 0 Å². The number of fused-ring (bicyclic) bond motifs is 1. The Morgan fingerprint density at radius 3 is 2.65 bits per heavy atom. The van der Waals surface area contributed by atoms with Crippen LogP contribution in [0.2, 0.25) is 10.0 Å². The highest BCUT2D eigenvalue weighted by Crippen LogP contribution is 2.29. The summed E-state index contributed by atoms with van der Waals surface area (Å²) < 4.78 is 2.42. The number of nitrogens with zero attached hydrogens (tertiary/aromatic N) is 3. The van der Waals surface area contributed by atoms with E-state index in [1.54, 1.807) is 36.5 Å². The predicted molar refractivity (Wildman–Crippen MR) is 108 cm³/mol. The summed E-state index contributed by atoms with van der Waals surface area (Å²) in [4.78, 5) is 21.5. The van der Waals surface area contributed by atoms with Gasteiger partial charge in [-0.2, -0.15) is 0 Å². The lowest BCUT2D eigenvalue weighted by Gasteiger charge is -2.00. The summed E-state index contributed by atoms with van der Waals surface area (Å²) in [6.07, 6.45) is 1.54. The predicted octanol–water partition coefficient (Wildman–Crippen LogP) is 5.14. The van der Waals surface area contributed by atoms with Crippen LogP contribution in [0.15, 0.2) is 52.3 Å². The number of rotatable bonds is 3. The molecule has 2 aromatic heterocycles. The number of aryl methyl sites for hydroxylation is 1. The van der Waals surface area contributed by atoms with E-state index in [4.69, 9.17) is 23.2 Å². The van der Waals surface area contributed by atoms with Crippen LogP contribution < -0.4 is 5.56 Å². The molecule has 0 saturated carbocycles. The molecule has 0 unspecified atom stereocenters. The van der Waals surface area contributed by atoms with E-state index >= 15 is 0 Å². The number of halogens is 2. The van der Waals surface area contributed by atoms with Crippen LogP contribution in [0.3, 0.4) is 0 Å². The Labute approximate surface area is 162 Å². The van der Waals surface area contributed by atoms with Crippen LogP contribution in [-0.4, -0.2) is 21.0 Å². The number of thiazole rings is 1. The summed E-state index contributed by atoms with van der Waals surface area (Å²) in [6.45, 7) is 1.83. The fourth-order valence-corrected chi connectivity index (χ4v) is 3.76. The minimum atomic E-state index is -0.183. The highest BCUT2D eigenvalue weighted by Gasteiger charge is 2.11. The zero-order valence-corrected chi connectivity index (χ0v) is 15.9. The molecular formula is C18H12Cl2N4OS. The zero-order valence-electron chi connectivity index (χ0n) is 13.5. The molecule has 0 aliphatic heterocycles. The highest BCUT2D eigenvalue weighted by molar-refractivity contribution is 7.22. The number of aliphatic imine (C=N–C) groups is 1. The van der Waals surface area contributed by atoms with Gasteiger partial charge in [-0.3, -0.25) is 9.89 Å². The van der Waals surface area contributed by atoms with Crippen molar-refractivity contribution in [1.82, 2.24) is 14.8 Å². The third-order valence-electron chi connectivity index (χ3n) is 3.85. The van der Waals surface area contributed by atoms with Crippen LogP contribution in [0.4, 0.5) is 5.13 Å². The lowest BCUT2D eigenvalue weighted by molar-refractivity contribution is 0.835. The molecule has 130 valence electrons. The van der Waals surface area contributed by atoms with Gasteiger partial charge in [0.2, 0.25) is 5.13 Å². The lowest BCUT2D eigenvalue weighted by Crippen LogP contribution is -2.17. The van der Waals surface area contributed by atoms with Crippen LogP contribution in [0.1, 0.15) is 11.3 Å². The fourth-order valence-electron chi connectivity index (χ4n) is 2.54. The van der Waals surface area contributed by atoms with Gasteiger partial charge >= 0.3 is 0 Å². The summed E-state index contributed by atoms with van der Waals surface area (Å²) in [6, 6.07) is 12.5. The smallest absolute Gasteiger partial charge is 0.280 e. The van der Waals surface area contributed by atoms with E-state index in [-0.39, 0.29) is 5.56 Å². The molecule has 0 aliphatic rings. The van der Waals surface area contributed by atoms with E-state index in [0.717, 1.165) is 15.9 Å². The van der Waals surface area contributed by atoms with Crippen molar-refractivity contribution in [1.29, 1.82) is 0 Å². The summed E-state index contributed by atoms with van der Waals surface area (Å²) >= 11 is 13.3. The number of aromatic nitrogens is 3. The molecule has 2 heterocycles. The van der Waals surface area contributed by atoms with Gasteiger partial charge in [-0.1, -0.05) is 34.5 Å². The summed E-state index contributed by atoms with van der Waals surface area (Å²) in [5.74, 6) is 0. The van der Waals surface area contributed by atoms with Crippen molar-refractivity contribution in [2.24, 2.45) is 4.99 Å². The Hall–Kier alpha value is -2.41. The van der Waals surface area contributed by atoms with Crippen molar-refractivity contribution in [3.63, 3.8) is 0 Å². The minimum absolute atomic E-state index is 0.183. The molecule has 0 atom stereocenters. The Morgan fingerprint density at radius 1 is 1.15 bits per heavy atom. The Morgan fingerprint density at radius 2 is 1.88 bits per heavy atom. The molecule has 0 amide bonds. The third-order valence-corrected chi connectivity index (χ3v) is 5.26. The topological polar surface area (TPSA) is 63.0 Å². The van der Waals surface area contributed by atoms with Gasteiger partial charge in [0.1, 0.15) is 0 Å². The van der Waals surface area contributed by atoms with Gasteiger partial charge in [0, 0.05) is 22.0 Å². The Balaban J connectivity index is 1.70. The van der Waals surface area contributed by atoms with Crippen LogP contribution in [0.25, 0.3) is 15.9 Å². The van der Waals surface area contributed by atoms with Crippen molar-refractivity contribution in [2.75, 3.05) is 0 Å². The van der Waals surface area contributed by atoms with Crippen LogP contribution in [0, 0.1) is 6.92 Å². The van der Waals surface area contributed by atoms with Gasteiger partial charge in [0.25, 0.3) is 5.56 Å². The summed E-state index contributed by atoms with van der Waals surface area (Å²) in [5, 5.41) is 4.89. The van der Waals surface area contributed by atoms with Crippen molar-refractivity contribution < 1.29 is 0 Å². The molecule has 0 bridgehead atoms. The van der Waals surface area contributed by atoms with E-state index < -0.39 is 0 Å². The molecule has 8 heteroatoms. The zero-order chi connectivity index (χ0) is 18.3. The van der Waals surface area contributed by atoms with Crippen LogP contribution >= 0.6 is 34.5 Å². The molecule has 0 fully saturated rings. The molecule has 0 aliphatic carbocycles. The number of benzene rings is 2. The first-order valence-corrected chi connectivity index (χ1v) is 9.26. The van der Waals surface area contributed by atoms with Gasteiger partial charge in [-0.25, -0.2) is 14.7 Å². The van der Waals surface area contributed by atoms with Crippen LogP contribution in [0.5, 0.6) is 0 Å². The molecule has 4 rings (SSSR count). The second kappa shape index (κ2) is 6.72. The fraction of sp³-hybridized carbons (Fsp3) is 0.0556. The van der Waals surface area contributed by atoms with Crippen molar-refractivity contribution in [2.45, 2.75) is 6.92 Å². The second-order valence-electron chi connectivity index (χ2n) is 5.63.